The molecular formula is C16H20N2O2. The van der Waals surface area contributed by atoms with E-state index in [1.807, 2.05) is 57.2 Å². The van der Waals surface area contributed by atoms with Gasteiger partial charge in [-0.25, -0.2) is 9.78 Å². The Morgan fingerprint density at radius 3 is 2.60 bits per heavy atom. The Bertz CT molecular complexity index is 617. The van der Waals surface area contributed by atoms with Crippen LogP contribution in [0.5, 0.6) is 0 Å². The molecule has 1 aromatic heterocycles. The highest BCUT2D eigenvalue weighted by Crippen LogP contribution is 2.16. The van der Waals surface area contributed by atoms with Crippen LogP contribution in [0.25, 0.3) is 10.9 Å². The second-order valence-corrected chi connectivity index (χ2v) is 5.79. The quantitative estimate of drug-likeness (QED) is 0.870. The fourth-order valence-electron chi connectivity index (χ4n) is 1.82. The number of carbonyl (C=O) groups excluding carboxylic acids is 1. The molecule has 0 aliphatic rings. The number of aromatic nitrogens is 1. The minimum Gasteiger partial charge on any atom is -0.458 e. The van der Waals surface area contributed by atoms with Gasteiger partial charge in [0.25, 0.3) is 0 Å². The average Bonchev–Trinajstić information content (AvgIpc) is 2.36. The first-order valence-corrected chi connectivity index (χ1v) is 6.70. The largest absolute Gasteiger partial charge is 0.458 e. The molecule has 0 aliphatic heterocycles. The van der Waals surface area contributed by atoms with Crippen molar-refractivity contribution in [1.82, 2.24) is 4.98 Å². The molecule has 2 aromatic rings. The lowest BCUT2D eigenvalue weighted by Crippen LogP contribution is -2.34. The van der Waals surface area contributed by atoms with E-state index in [2.05, 4.69) is 10.3 Å². The molecule has 0 bridgehead atoms. The number of hydrogen-bond acceptors (Lipinski definition) is 4. The van der Waals surface area contributed by atoms with E-state index in [0.29, 0.717) is 5.82 Å². The summed E-state index contributed by atoms with van der Waals surface area (Å²) in [6.45, 7) is 7.33. The molecule has 4 heteroatoms. The van der Waals surface area contributed by atoms with Gasteiger partial charge in [-0.3, -0.25) is 0 Å². The molecule has 20 heavy (non-hydrogen) atoms. The number of anilines is 1. The van der Waals surface area contributed by atoms with Crippen molar-refractivity contribution in [3.8, 4) is 0 Å². The number of para-hydroxylation sites is 1. The van der Waals surface area contributed by atoms with E-state index < -0.39 is 11.6 Å². The van der Waals surface area contributed by atoms with Crippen LogP contribution in [0.4, 0.5) is 5.82 Å². The number of ether oxygens (including phenoxy) is 1. The van der Waals surface area contributed by atoms with Gasteiger partial charge in [0, 0.05) is 5.39 Å². The van der Waals surface area contributed by atoms with Crippen LogP contribution in [0, 0.1) is 0 Å². The molecule has 1 atom stereocenters. The molecule has 0 radical (unpaired) electrons. The third kappa shape index (κ3) is 3.70. The normalized spacial score (nSPS) is 13.0. The molecule has 0 amide bonds. The van der Waals surface area contributed by atoms with E-state index in [1.165, 1.54) is 0 Å². The number of hydrogen-bond donors (Lipinski definition) is 1. The summed E-state index contributed by atoms with van der Waals surface area (Å²) < 4.78 is 5.33. The lowest BCUT2D eigenvalue weighted by atomic mass is 10.2. The van der Waals surface area contributed by atoms with Crippen molar-refractivity contribution in [3.63, 3.8) is 0 Å². The molecular weight excluding hydrogens is 252 g/mol. The number of nitrogens with zero attached hydrogens (tertiary/aromatic N) is 1. The van der Waals surface area contributed by atoms with E-state index in [1.54, 1.807) is 6.92 Å². The molecule has 0 saturated carbocycles. The molecule has 1 aromatic carbocycles. The Balaban J connectivity index is 2.09. The number of benzene rings is 1. The van der Waals surface area contributed by atoms with Gasteiger partial charge < -0.3 is 10.1 Å². The fourth-order valence-corrected chi connectivity index (χ4v) is 1.82. The number of nitrogens with one attached hydrogen (secondary N) is 1. The van der Waals surface area contributed by atoms with Crippen LogP contribution in [-0.4, -0.2) is 22.6 Å². The van der Waals surface area contributed by atoms with Gasteiger partial charge in [-0.05, 0) is 45.9 Å². The van der Waals surface area contributed by atoms with Crippen molar-refractivity contribution in [2.75, 3.05) is 5.32 Å². The first-order valence-electron chi connectivity index (χ1n) is 6.70. The lowest BCUT2D eigenvalue weighted by Gasteiger charge is -2.23. The van der Waals surface area contributed by atoms with Crippen molar-refractivity contribution in [3.05, 3.63) is 36.4 Å². The molecule has 4 nitrogen and oxygen atoms in total. The van der Waals surface area contributed by atoms with Crippen molar-refractivity contribution in [1.29, 1.82) is 0 Å². The molecule has 1 heterocycles. The van der Waals surface area contributed by atoms with E-state index in [4.69, 9.17) is 4.74 Å². The van der Waals surface area contributed by atoms with Crippen LogP contribution in [0.15, 0.2) is 36.4 Å². The third-order valence-electron chi connectivity index (χ3n) is 2.72. The molecule has 0 saturated heterocycles. The van der Waals surface area contributed by atoms with Crippen LogP contribution in [0.3, 0.4) is 0 Å². The molecule has 0 spiro atoms. The van der Waals surface area contributed by atoms with Gasteiger partial charge in [0.15, 0.2) is 0 Å². The Hall–Kier alpha value is -2.10. The highest BCUT2D eigenvalue weighted by Gasteiger charge is 2.21. The molecule has 1 unspecified atom stereocenters. The van der Waals surface area contributed by atoms with Gasteiger partial charge in [-0.15, -0.1) is 0 Å². The number of pyridine rings is 1. The third-order valence-corrected chi connectivity index (χ3v) is 2.72. The summed E-state index contributed by atoms with van der Waals surface area (Å²) >= 11 is 0. The molecule has 1 N–H and O–H groups in total. The monoisotopic (exact) mass is 272 g/mol. The predicted octanol–water partition coefficient (Wildman–Crippen LogP) is 3.38. The number of esters is 1. The smallest absolute Gasteiger partial charge is 0.328 e. The van der Waals surface area contributed by atoms with Crippen molar-refractivity contribution in [2.45, 2.75) is 39.3 Å². The van der Waals surface area contributed by atoms with Crippen molar-refractivity contribution in [2.24, 2.45) is 0 Å². The summed E-state index contributed by atoms with van der Waals surface area (Å²) in [5.41, 5.74) is 0.415. The van der Waals surface area contributed by atoms with Gasteiger partial charge in [0.05, 0.1) is 5.52 Å². The Kier molecular flexibility index (Phi) is 3.93. The summed E-state index contributed by atoms with van der Waals surface area (Å²) in [7, 11) is 0. The Morgan fingerprint density at radius 1 is 1.20 bits per heavy atom. The Morgan fingerprint density at radius 2 is 1.90 bits per heavy atom. The zero-order chi connectivity index (χ0) is 14.8. The maximum atomic E-state index is 11.9. The summed E-state index contributed by atoms with van der Waals surface area (Å²) in [6, 6.07) is 11.3. The van der Waals surface area contributed by atoms with Gasteiger partial charge in [0.1, 0.15) is 17.5 Å². The standard InChI is InChI=1S/C16H20N2O2/c1-11(15(19)20-16(2,3)4)17-14-10-9-12-7-5-6-8-13(12)18-14/h5-11H,1-4H3,(H,17,18). The average molecular weight is 272 g/mol. The molecule has 106 valence electrons. The topological polar surface area (TPSA) is 51.2 Å². The van der Waals surface area contributed by atoms with E-state index >= 15 is 0 Å². The summed E-state index contributed by atoms with van der Waals surface area (Å²) in [5, 5.41) is 4.14. The van der Waals surface area contributed by atoms with Crippen LogP contribution in [0.2, 0.25) is 0 Å². The second-order valence-electron chi connectivity index (χ2n) is 5.79. The Labute approximate surface area is 119 Å². The van der Waals surface area contributed by atoms with Crippen LogP contribution >= 0.6 is 0 Å². The highest BCUT2D eigenvalue weighted by atomic mass is 16.6. The molecule has 2 rings (SSSR count). The highest BCUT2D eigenvalue weighted by molar-refractivity contribution is 5.82. The maximum Gasteiger partial charge on any atom is 0.328 e. The predicted molar refractivity (Wildman–Crippen MR) is 80.7 cm³/mol. The van der Waals surface area contributed by atoms with E-state index in [9.17, 15) is 4.79 Å². The zero-order valence-electron chi connectivity index (χ0n) is 12.3. The first-order chi connectivity index (χ1) is 9.35. The number of carbonyl (C=O) groups is 1. The van der Waals surface area contributed by atoms with Crippen LogP contribution < -0.4 is 5.32 Å². The minimum absolute atomic E-state index is 0.285. The first kappa shape index (κ1) is 14.3. The summed E-state index contributed by atoms with van der Waals surface area (Å²) in [4.78, 5) is 16.4. The summed E-state index contributed by atoms with van der Waals surface area (Å²) in [5.74, 6) is 0.384. The second kappa shape index (κ2) is 5.49. The molecule has 0 fully saturated rings. The van der Waals surface area contributed by atoms with Gasteiger partial charge in [0.2, 0.25) is 0 Å². The molecule has 0 aliphatic carbocycles. The van der Waals surface area contributed by atoms with Crippen LogP contribution in [0.1, 0.15) is 27.7 Å². The van der Waals surface area contributed by atoms with E-state index in [-0.39, 0.29) is 5.97 Å². The SMILES string of the molecule is CC(Nc1ccc2ccccc2n1)C(=O)OC(C)(C)C. The van der Waals surface area contributed by atoms with Gasteiger partial charge in [-0.1, -0.05) is 18.2 Å². The summed E-state index contributed by atoms with van der Waals surface area (Å²) in [6.07, 6.45) is 0. The minimum atomic E-state index is -0.482. The fraction of sp³-hybridized carbons (Fsp3) is 0.375. The van der Waals surface area contributed by atoms with E-state index in [0.717, 1.165) is 10.9 Å². The van der Waals surface area contributed by atoms with Crippen LogP contribution in [-0.2, 0) is 9.53 Å². The maximum absolute atomic E-state index is 11.9. The van der Waals surface area contributed by atoms with Gasteiger partial charge >= 0.3 is 5.97 Å². The van der Waals surface area contributed by atoms with Gasteiger partial charge in [-0.2, -0.15) is 0 Å². The van der Waals surface area contributed by atoms with Crippen molar-refractivity contribution >= 4 is 22.7 Å². The lowest BCUT2D eigenvalue weighted by molar-refractivity contribution is -0.155. The zero-order valence-corrected chi connectivity index (χ0v) is 12.3. The number of rotatable bonds is 3. The number of fused-ring (bicyclic) bond motifs is 1. The van der Waals surface area contributed by atoms with Crippen molar-refractivity contribution < 1.29 is 9.53 Å².